The Morgan fingerprint density at radius 2 is 2.00 bits per heavy atom. The number of carbonyl (C=O) groups excluding carboxylic acids is 1. The van der Waals surface area contributed by atoms with E-state index in [2.05, 4.69) is 33.0 Å². The molecule has 0 radical (unpaired) electrons. The minimum atomic E-state index is -0.411. The van der Waals surface area contributed by atoms with Gasteiger partial charge in [0.1, 0.15) is 17.9 Å². The van der Waals surface area contributed by atoms with Crippen LogP contribution in [0.25, 0.3) is 21.7 Å². The van der Waals surface area contributed by atoms with Gasteiger partial charge in [-0.1, -0.05) is 43.0 Å². The molecule has 0 aliphatic rings. The van der Waals surface area contributed by atoms with Crippen molar-refractivity contribution in [1.82, 2.24) is 5.43 Å². The van der Waals surface area contributed by atoms with Crippen LogP contribution in [0.1, 0.15) is 16.1 Å². The molecule has 144 valence electrons. The minimum Gasteiger partial charge on any atom is -0.488 e. The molecule has 0 aliphatic heterocycles. The summed E-state index contributed by atoms with van der Waals surface area (Å²) in [6.45, 7) is 4.05. The maximum Gasteiger partial charge on any atom is 0.307 e. The van der Waals surface area contributed by atoms with Crippen molar-refractivity contribution < 1.29 is 13.9 Å². The zero-order valence-electron chi connectivity index (χ0n) is 15.4. The number of nitrogens with one attached hydrogen (secondary N) is 1. The second-order valence-corrected chi connectivity index (χ2v) is 7.15. The Hall–Kier alpha value is -3.38. The van der Waals surface area contributed by atoms with Crippen molar-refractivity contribution in [3.05, 3.63) is 89.1 Å². The molecule has 1 N–H and O–H groups in total. The maximum atomic E-state index is 12.4. The van der Waals surface area contributed by atoms with Crippen molar-refractivity contribution in [3.8, 4) is 5.75 Å². The topological polar surface area (TPSA) is 63.8 Å². The quantitative estimate of drug-likeness (QED) is 0.234. The highest BCUT2D eigenvalue weighted by atomic mass is 79.9. The van der Waals surface area contributed by atoms with E-state index in [9.17, 15) is 4.79 Å². The number of nitrogens with zero attached hydrogens (tertiary/aromatic N) is 1. The van der Waals surface area contributed by atoms with Gasteiger partial charge in [0.25, 0.3) is 0 Å². The zero-order chi connectivity index (χ0) is 20.2. The molecule has 1 amide bonds. The van der Waals surface area contributed by atoms with E-state index in [0.29, 0.717) is 17.9 Å². The van der Waals surface area contributed by atoms with Gasteiger partial charge >= 0.3 is 5.91 Å². The van der Waals surface area contributed by atoms with Crippen molar-refractivity contribution in [2.24, 2.45) is 5.10 Å². The largest absolute Gasteiger partial charge is 0.488 e. The highest BCUT2D eigenvalue weighted by Gasteiger charge is 2.13. The Bertz CT molecular complexity index is 1240. The molecule has 4 aromatic rings. The van der Waals surface area contributed by atoms with Crippen LogP contribution in [0.3, 0.4) is 0 Å². The SMILES string of the molecule is C=CCOc1ccc(C=NNC(=O)c2cc3c(ccc4ccccc43)o2)cc1Br. The third-order valence-electron chi connectivity index (χ3n) is 4.34. The monoisotopic (exact) mass is 448 g/mol. The second-order valence-electron chi connectivity index (χ2n) is 6.30. The number of amides is 1. The number of furan rings is 1. The predicted octanol–water partition coefficient (Wildman–Crippen LogP) is 5.68. The molecular formula is C23H17BrN2O3. The van der Waals surface area contributed by atoms with Crippen LogP contribution in [0.5, 0.6) is 5.75 Å². The van der Waals surface area contributed by atoms with Crippen molar-refractivity contribution in [2.75, 3.05) is 6.61 Å². The van der Waals surface area contributed by atoms with Gasteiger partial charge in [-0.3, -0.25) is 4.79 Å². The van der Waals surface area contributed by atoms with Gasteiger partial charge in [0.2, 0.25) is 0 Å². The first-order valence-electron chi connectivity index (χ1n) is 8.93. The van der Waals surface area contributed by atoms with Crippen molar-refractivity contribution in [1.29, 1.82) is 0 Å². The fraction of sp³-hybridized carbons (Fsp3) is 0.0435. The molecule has 29 heavy (non-hydrogen) atoms. The van der Waals surface area contributed by atoms with Crippen molar-refractivity contribution in [2.45, 2.75) is 0 Å². The molecular weight excluding hydrogens is 432 g/mol. The maximum absolute atomic E-state index is 12.4. The molecule has 0 fully saturated rings. The number of rotatable bonds is 6. The fourth-order valence-corrected chi connectivity index (χ4v) is 3.50. The van der Waals surface area contributed by atoms with Crippen LogP contribution < -0.4 is 10.2 Å². The molecule has 5 nitrogen and oxygen atoms in total. The summed E-state index contributed by atoms with van der Waals surface area (Å²) in [7, 11) is 0. The van der Waals surface area contributed by atoms with Crippen LogP contribution in [-0.2, 0) is 0 Å². The van der Waals surface area contributed by atoms with Crippen LogP contribution in [0, 0.1) is 0 Å². The molecule has 1 heterocycles. The molecule has 0 atom stereocenters. The lowest BCUT2D eigenvalue weighted by Crippen LogP contribution is -2.16. The van der Waals surface area contributed by atoms with Gasteiger partial charge in [-0.25, -0.2) is 5.43 Å². The number of hydrazone groups is 1. The van der Waals surface area contributed by atoms with E-state index >= 15 is 0 Å². The second kappa shape index (κ2) is 8.32. The third kappa shape index (κ3) is 4.07. The van der Waals surface area contributed by atoms with Gasteiger partial charge < -0.3 is 9.15 Å². The van der Waals surface area contributed by atoms with E-state index in [0.717, 1.165) is 26.2 Å². The lowest BCUT2D eigenvalue weighted by molar-refractivity contribution is 0.0929. The summed E-state index contributed by atoms with van der Waals surface area (Å²) in [5.74, 6) is 0.509. The van der Waals surface area contributed by atoms with E-state index in [-0.39, 0.29) is 5.76 Å². The average Bonchev–Trinajstić information content (AvgIpc) is 3.18. The molecule has 0 bridgehead atoms. The van der Waals surface area contributed by atoms with Gasteiger partial charge in [0.15, 0.2) is 5.76 Å². The lowest BCUT2D eigenvalue weighted by Gasteiger charge is -2.06. The van der Waals surface area contributed by atoms with Gasteiger partial charge in [-0.15, -0.1) is 0 Å². The highest BCUT2D eigenvalue weighted by molar-refractivity contribution is 9.10. The molecule has 0 spiro atoms. The summed E-state index contributed by atoms with van der Waals surface area (Å²) in [5.41, 5.74) is 3.97. The number of ether oxygens (including phenoxy) is 1. The minimum absolute atomic E-state index is 0.211. The predicted molar refractivity (Wildman–Crippen MR) is 119 cm³/mol. The van der Waals surface area contributed by atoms with E-state index in [4.69, 9.17) is 9.15 Å². The Morgan fingerprint density at radius 1 is 1.14 bits per heavy atom. The number of benzene rings is 3. The molecule has 3 aromatic carbocycles. The van der Waals surface area contributed by atoms with E-state index < -0.39 is 5.91 Å². The molecule has 0 aliphatic carbocycles. The number of carbonyl (C=O) groups is 1. The van der Waals surface area contributed by atoms with E-state index in [1.165, 1.54) is 0 Å². The van der Waals surface area contributed by atoms with Crippen LogP contribution in [0.15, 0.2) is 87.3 Å². The molecule has 1 aromatic heterocycles. The van der Waals surface area contributed by atoms with Gasteiger partial charge in [-0.2, -0.15) is 5.10 Å². The standard InChI is InChI=1S/C23H17BrN2O3/c1-2-11-28-21-9-7-15(12-19(21)24)14-25-26-23(27)22-13-18-17-6-4-3-5-16(17)8-10-20(18)29-22/h2-10,12-14H,1,11H2,(H,26,27). The van der Waals surface area contributed by atoms with Gasteiger partial charge in [0, 0.05) is 5.39 Å². The van der Waals surface area contributed by atoms with Crippen molar-refractivity contribution in [3.63, 3.8) is 0 Å². The summed E-state index contributed by atoms with van der Waals surface area (Å²) >= 11 is 3.45. The molecule has 4 rings (SSSR count). The lowest BCUT2D eigenvalue weighted by atomic mass is 10.1. The number of hydrogen-bond acceptors (Lipinski definition) is 4. The molecule has 0 saturated carbocycles. The van der Waals surface area contributed by atoms with Crippen molar-refractivity contribution >= 4 is 49.8 Å². The summed E-state index contributed by atoms with van der Waals surface area (Å²) in [6, 6.07) is 19.1. The first kappa shape index (κ1) is 19.0. The van der Waals surface area contributed by atoms with Crippen LogP contribution >= 0.6 is 15.9 Å². The fourth-order valence-electron chi connectivity index (χ4n) is 2.99. The molecule has 0 unspecified atom stereocenters. The van der Waals surface area contributed by atoms with E-state index in [1.807, 2.05) is 54.6 Å². The summed E-state index contributed by atoms with van der Waals surface area (Å²) in [4.78, 5) is 12.4. The Morgan fingerprint density at radius 3 is 2.83 bits per heavy atom. The molecule has 6 heteroatoms. The smallest absolute Gasteiger partial charge is 0.307 e. The first-order chi connectivity index (χ1) is 14.2. The average molecular weight is 449 g/mol. The van der Waals surface area contributed by atoms with Crippen LogP contribution in [0.4, 0.5) is 0 Å². The van der Waals surface area contributed by atoms with Crippen LogP contribution in [-0.4, -0.2) is 18.7 Å². The number of fused-ring (bicyclic) bond motifs is 3. The zero-order valence-corrected chi connectivity index (χ0v) is 17.0. The molecule has 0 saturated heterocycles. The highest BCUT2D eigenvalue weighted by Crippen LogP contribution is 2.28. The van der Waals surface area contributed by atoms with Gasteiger partial charge in [0.05, 0.1) is 10.7 Å². The van der Waals surface area contributed by atoms with E-state index in [1.54, 1.807) is 18.4 Å². The summed E-state index contributed by atoms with van der Waals surface area (Å²) in [5, 5.41) is 7.06. The normalized spacial score (nSPS) is 11.2. The number of hydrogen-bond donors (Lipinski definition) is 1. The summed E-state index contributed by atoms with van der Waals surface area (Å²) < 4.78 is 12.0. The number of halogens is 1. The first-order valence-corrected chi connectivity index (χ1v) is 9.73. The summed E-state index contributed by atoms with van der Waals surface area (Å²) in [6.07, 6.45) is 3.23. The Kier molecular flexibility index (Phi) is 5.44. The Labute approximate surface area is 175 Å². The third-order valence-corrected chi connectivity index (χ3v) is 4.96. The van der Waals surface area contributed by atoms with Gasteiger partial charge in [-0.05, 0) is 62.6 Å². The Balaban J connectivity index is 1.49. The van der Waals surface area contributed by atoms with Crippen LogP contribution in [0.2, 0.25) is 0 Å².